The van der Waals surface area contributed by atoms with E-state index >= 15 is 0 Å². The number of Topliss-reactive ketones (excluding diaryl/α,β-unsaturated/α-hetero) is 1. The monoisotopic (exact) mass is 220 g/mol. The fraction of sp³-hybridized carbons (Fsp3) is 0.250. The molecule has 1 aromatic rings. The van der Waals surface area contributed by atoms with Gasteiger partial charge in [-0.2, -0.15) is 0 Å². The second-order valence-electron chi connectivity index (χ2n) is 3.30. The lowest BCUT2D eigenvalue weighted by Gasteiger charge is -2.06. The molecule has 1 aromatic carbocycles. The van der Waals surface area contributed by atoms with Gasteiger partial charge in [0.2, 0.25) is 0 Å². The van der Waals surface area contributed by atoms with Crippen molar-refractivity contribution in [3.05, 3.63) is 36.4 Å². The zero-order valence-electron chi connectivity index (χ0n) is 9.32. The minimum absolute atomic E-state index is 0.00352. The molecule has 0 spiro atoms. The maximum atomic E-state index is 11.7. The van der Waals surface area contributed by atoms with E-state index in [1.807, 2.05) is 0 Å². The summed E-state index contributed by atoms with van der Waals surface area (Å²) in [6.07, 6.45) is 1.70. The van der Waals surface area contributed by atoms with Crippen LogP contribution in [0.15, 0.2) is 30.9 Å². The van der Waals surface area contributed by atoms with Crippen molar-refractivity contribution in [3.8, 4) is 5.75 Å². The maximum absolute atomic E-state index is 11.7. The van der Waals surface area contributed by atoms with Gasteiger partial charge in [-0.1, -0.05) is 6.08 Å². The Morgan fingerprint density at radius 1 is 1.62 bits per heavy atom. The van der Waals surface area contributed by atoms with Crippen LogP contribution in [0.4, 0.5) is 5.69 Å². The summed E-state index contributed by atoms with van der Waals surface area (Å²) in [7, 11) is 1.54. The Hall–Kier alpha value is -1.81. The molecule has 0 aliphatic heterocycles. The van der Waals surface area contributed by atoms with Crippen LogP contribution in [-0.4, -0.2) is 26.0 Å². The number of hydrogen-bond acceptors (Lipinski definition) is 4. The van der Waals surface area contributed by atoms with Gasteiger partial charge in [0.15, 0.2) is 5.78 Å². The first-order chi connectivity index (χ1) is 7.69. The first kappa shape index (κ1) is 12.3. The third-order valence-electron chi connectivity index (χ3n) is 2.13. The number of ketones is 1. The van der Waals surface area contributed by atoms with Crippen molar-refractivity contribution in [3.63, 3.8) is 0 Å². The second-order valence-corrected chi connectivity index (χ2v) is 3.30. The Balaban J connectivity index is 2.69. The number of hydrogen-bond donors (Lipinski definition) is 2. The molecule has 0 amide bonds. The molecule has 0 bridgehead atoms. The Bertz CT molecular complexity index is 389. The lowest BCUT2D eigenvalue weighted by Crippen LogP contribution is -2.23. The summed E-state index contributed by atoms with van der Waals surface area (Å²) >= 11 is 0. The van der Waals surface area contributed by atoms with E-state index in [1.54, 1.807) is 31.4 Å². The summed E-state index contributed by atoms with van der Waals surface area (Å²) in [4.78, 5) is 11.7. The SMILES string of the molecule is C=CCNCC(=O)c1ccc(OC)c(N)c1. The van der Waals surface area contributed by atoms with Gasteiger partial charge in [-0.3, -0.25) is 4.79 Å². The highest BCUT2D eigenvalue weighted by molar-refractivity contribution is 5.98. The summed E-state index contributed by atoms with van der Waals surface area (Å²) in [6, 6.07) is 5.01. The number of carbonyl (C=O) groups excluding carboxylic acids is 1. The van der Waals surface area contributed by atoms with Crippen molar-refractivity contribution in [1.82, 2.24) is 5.32 Å². The first-order valence-corrected chi connectivity index (χ1v) is 4.97. The quantitative estimate of drug-likeness (QED) is 0.327. The van der Waals surface area contributed by atoms with E-state index in [-0.39, 0.29) is 12.3 Å². The summed E-state index contributed by atoms with van der Waals surface area (Å²) in [5.41, 5.74) is 6.76. The summed E-state index contributed by atoms with van der Waals surface area (Å²) in [6.45, 7) is 4.44. The predicted molar refractivity (Wildman–Crippen MR) is 64.8 cm³/mol. The smallest absolute Gasteiger partial charge is 0.176 e. The number of nitrogen functional groups attached to an aromatic ring is 1. The molecular weight excluding hydrogens is 204 g/mol. The third-order valence-corrected chi connectivity index (χ3v) is 2.13. The van der Waals surface area contributed by atoms with E-state index in [1.165, 1.54) is 0 Å². The van der Waals surface area contributed by atoms with Crippen LogP contribution >= 0.6 is 0 Å². The van der Waals surface area contributed by atoms with Gasteiger partial charge >= 0.3 is 0 Å². The zero-order chi connectivity index (χ0) is 12.0. The van der Waals surface area contributed by atoms with E-state index in [0.717, 1.165) is 0 Å². The Morgan fingerprint density at radius 3 is 2.94 bits per heavy atom. The number of rotatable bonds is 6. The van der Waals surface area contributed by atoms with Crippen molar-refractivity contribution < 1.29 is 9.53 Å². The molecule has 0 saturated carbocycles. The summed E-state index contributed by atoms with van der Waals surface area (Å²) in [5.74, 6) is 0.576. The van der Waals surface area contributed by atoms with Crippen LogP contribution in [0.3, 0.4) is 0 Å². The molecule has 0 aliphatic rings. The standard InChI is InChI=1S/C12H16N2O2/c1-3-6-14-8-11(15)9-4-5-12(16-2)10(13)7-9/h3-5,7,14H,1,6,8,13H2,2H3. The van der Waals surface area contributed by atoms with Crippen molar-refractivity contribution in [2.75, 3.05) is 25.9 Å². The molecule has 0 aromatic heterocycles. The second kappa shape index (κ2) is 5.92. The van der Waals surface area contributed by atoms with E-state index < -0.39 is 0 Å². The molecule has 0 heterocycles. The first-order valence-electron chi connectivity index (χ1n) is 4.97. The Morgan fingerprint density at radius 2 is 2.38 bits per heavy atom. The molecule has 4 heteroatoms. The lowest BCUT2D eigenvalue weighted by molar-refractivity contribution is 0.0992. The van der Waals surface area contributed by atoms with E-state index in [2.05, 4.69) is 11.9 Å². The molecule has 0 fully saturated rings. The van der Waals surface area contributed by atoms with Crippen molar-refractivity contribution in [2.24, 2.45) is 0 Å². The molecule has 0 aliphatic carbocycles. The normalized spacial score (nSPS) is 9.81. The van der Waals surface area contributed by atoms with Gasteiger partial charge in [0.05, 0.1) is 19.3 Å². The van der Waals surface area contributed by atoms with Gasteiger partial charge in [0.25, 0.3) is 0 Å². The molecule has 1 rings (SSSR count). The average Bonchev–Trinajstić information content (AvgIpc) is 2.29. The molecule has 0 atom stereocenters. The summed E-state index contributed by atoms with van der Waals surface area (Å²) in [5, 5.41) is 2.94. The van der Waals surface area contributed by atoms with E-state index in [9.17, 15) is 4.79 Å². The third kappa shape index (κ3) is 3.10. The molecular formula is C12H16N2O2. The highest BCUT2D eigenvalue weighted by atomic mass is 16.5. The maximum Gasteiger partial charge on any atom is 0.176 e. The molecule has 4 nitrogen and oxygen atoms in total. The van der Waals surface area contributed by atoms with Crippen LogP contribution in [0, 0.1) is 0 Å². The Labute approximate surface area is 95.1 Å². The topological polar surface area (TPSA) is 64.3 Å². The highest BCUT2D eigenvalue weighted by Gasteiger charge is 2.07. The number of anilines is 1. The number of ether oxygens (including phenoxy) is 1. The molecule has 3 N–H and O–H groups in total. The zero-order valence-corrected chi connectivity index (χ0v) is 9.32. The van der Waals surface area contributed by atoms with Gasteiger partial charge < -0.3 is 15.8 Å². The molecule has 0 radical (unpaired) electrons. The highest BCUT2D eigenvalue weighted by Crippen LogP contribution is 2.21. The van der Waals surface area contributed by atoms with E-state index in [0.29, 0.717) is 23.5 Å². The predicted octanol–water partition coefficient (Wildman–Crippen LogP) is 1.24. The number of benzene rings is 1. The van der Waals surface area contributed by atoms with Crippen LogP contribution in [0.1, 0.15) is 10.4 Å². The van der Waals surface area contributed by atoms with Crippen LogP contribution < -0.4 is 15.8 Å². The van der Waals surface area contributed by atoms with Gasteiger partial charge in [-0.25, -0.2) is 0 Å². The van der Waals surface area contributed by atoms with Crippen LogP contribution in [0.25, 0.3) is 0 Å². The van der Waals surface area contributed by atoms with Gasteiger partial charge in [0, 0.05) is 12.1 Å². The van der Waals surface area contributed by atoms with Crippen molar-refractivity contribution in [1.29, 1.82) is 0 Å². The Kier molecular flexibility index (Phi) is 4.54. The number of methoxy groups -OCH3 is 1. The van der Waals surface area contributed by atoms with Crippen LogP contribution in [0.2, 0.25) is 0 Å². The molecule has 0 saturated heterocycles. The van der Waals surface area contributed by atoms with Crippen LogP contribution in [-0.2, 0) is 0 Å². The summed E-state index contributed by atoms with van der Waals surface area (Å²) < 4.78 is 5.01. The minimum Gasteiger partial charge on any atom is -0.495 e. The number of carbonyl (C=O) groups is 1. The van der Waals surface area contributed by atoms with Crippen molar-refractivity contribution in [2.45, 2.75) is 0 Å². The van der Waals surface area contributed by atoms with E-state index in [4.69, 9.17) is 10.5 Å². The molecule has 0 unspecified atom stereocenters. The van der Waals surface area contributed by atoms with Gasteiger partial charge in [-0.15, -0.1) is 6.58 Å². The molecule has 86 valence electrons. The van der Waals surface area contributed by atoms with Gasteiger partial charge in [0.1, 0.15) is 5.75 Å². The lowest BCUT2D eigenvalue weighted by atomic mass is 10.1. The minimum atomic E-state index is -0.00352. The fourth-order valence-electron chi connectivity index (χ4n) is 1.30. The fourth-order valence-corrected chi connectivity index (χ4v) is 1.30. The number of nitrogens with two attached hydrogens (primary N) is 1. The largest absolute Gasteiger partial charge is 0.495 e. The van der Waals surface area contributed by atoms with Gasteiger partial charge in [-0.05, 0) is 18.2 Å². The average molecular weight is 220 g/mol. The van der Waals surface area contributed by atoms with Crippen LogP contribution in [0.5, 0.6) is 5.75 Å². The van der Waals surface area contributed by atoms with Crippen molar-refractivity contribution >= 4 is 11.5 Å². The number of nitrogens with one attached hydrogen (secondary N) is 1. The molecule has 16 heavy (non-hydrogen) atoms.